The third-order valence-corrected chi connectivity index (χ3v) is 6.15. The molecule has 0 radical (unpaired) electrons. The second kappa shape index (κ2) is 8.07. The Balaban J connectivity index is 1.37. The molecule has 0 unspecified atom stereocenters. The lowest BCUT2D eigenvalue weighted by Gasteiger charge is -2.35. The second-order valence-corrected chi connectivity index (χ2v) is 8.07. The van der Waals surface area contributed by atoms with Crippen LogP contribution in [0.15, 0.2) is 54.9 Å². The number of H-pyrrole nitrogens is 1. The first-order valence-corrected chi connectivity index (χ1v) is 10.7. The van der Waals surface area contributed by atoms with E-state index in [4.69, 9.17) is 4.74 Å². The molecule has 0 saturated carbocycles. The maximum atomic E-state index is 13.7. The van der Waals surface area contributed by atoms with Gasteiger partial charge in [-0.2, -0.15) is 0 Å². The fourth-order valence-electron chi connectivity index (χ4n) is 4.64. The van der Waals surface area contributed by atoms with Crippen molar-refractivity contribution in [1.29, 1.82) is 0 Å². The van der Waals surface area contributed by atoms with Crippen LogP contribution in [0.4, 0.5) is 4.39 Å². The Labute approximate surface area is 175 Å². The van der Waals surface area contributed by atoms with E-state index in [-0.39, 0.29) is 5.82 Å². The maximum Gasteiger partial charge on any atom is 0.123 e. The molecule has 3 heterocycles. The van der Waals surface area contributed by atoms with Crippen LogP contribution < -0.4 is 4.74 Å². The van der Waals surface area contributed by atoms with Gasteiger partial charge in [0.05, 0.1) is 5.52 Å². The first-order valence-electron chi connectivity index (χ1n) is 10.7. The number of hydrogen-bond acceptors (Lipinski definition) is 3. The molecule has 4 aromatic rings. The molecule has 154 valence electrons. The van der Waals surface area contributed by atoms with Crippen molar-refractivity contribution in [2.75, 3.05) is 19.7 Å². The number of pyridine rings is 1. The molecule has 1 N–H and O–H groups in total. The van der Waals surface area contributed by atoms with E-state index in [1.165, 1.54) is 17.0 Å². The van der Waals surface area contributed by atoms with Gasteiger partial charge in [-0.05, 0) is 67.8 Å². The molecule has 1 aliphatic heterocycles. The molecule has 5 rings (SSSR count). The number of aromatic amines is 1. The zero-order valence-corrected chi connectivity index (χ0v) is 17.2. The van der Waals surface area contributed by atoms with Crippen LogP contribution in [0.25, 0.3) is 21.8 Å². The second-order valence-electron chi connectivity index (χ2n) is 8.07. The highest BCUT2D eigenvalue weighted by molar-refractivity contribution is 5.85. The molecule has 0 aliphatic carbocycles. The molecule has 2 aromatic carbocycles. The van der Waals surface area contributed by atoms with E-state index in [0.717, 1.165) is 60.1 Å². The maximum absolute atomic E-state index is 13.7. The number of aromatic nitrogens is 2. The quantitative estimate of drug-likeness (QED) is 0.486. The summed E-state index contributed by atoms with van der Waals surface area (Å²) in [5.74, 6) is 0.793. The van der Waals surface area contributed by atoms with E-state index in [2.05, 4.69) is 27.9 Å². The predicted octanol–water partition coefficient (Wildman–Crippen LogP) is 5.11. The minimum absolute atomic E-state index is 0.188. The van der Waals surface area contributed by atoms with Gasteiger partial charge in [-0.1, -0.05) is 13.0 Å². The predicted molar refractivity (Wildman–Crippen MR) is 119 cm³/mol. The summed E-state index contributed by atoms with van der Waals surface area (Å²) in [7, 11) is 0. The van der Waals surface area contributed by atoms with Gasteiger partial charge in [0.2, 0.25) is 0 Å². The van der Waals surface area contributed by atoms with Gasteiger partial charge in [-0.15, -0.1) is 0 Å². The van der Waals surface area contributed by atoms with E-state index in [1.54, 1.807) is 6.07 Å². The Hall–Kier alpha value is -2.92. The normalized spacial score (nSPS) is 16.2. The molecule has 1 atom stereocenters. The van der Waals surface area contributed by atoms with Crippen LogP contribution >= 0.6 is 0 Å². The largest absolute Gasteiger partial charge is 0.492 e. The van der Waals surface area contributed by atoms with Crippen molar-refractivity contribution in [3.05, 3.63) is 71.8 Å². The van der Waals surface area contributed by atoms with E-state index in [1.807, 2.05) is 36.7 Å². The fraction of sp³-hybridized carbons (Fsp3) is 0.320. The van der Waals surface area contributed by atoms with Gasteiger partial charge in [-0.25, -0.2) is 4.39 Å². The average Bonchev–Trinajstić information content (AvgIpc) is 3.18. The number of rotatable bonds is 6. The summed E-state index contributed by atoms with van der Waals surface area (Å²) in [5, 5.41) is 2.16. The van der Waals surface area contributed by atoms with Gasteiger partial charge in [0.1, 0.15) is 18.2 Å². The summed E-state index contributed by atoms with van der Waals surface area (Å²) in [6.45, 7) is 4.85. The smallest absolute Gasteiger partial charge is 0.123 e. The zero-order chi connectivity index (χ0) is 20.5. The van der Waals surface area contributed by atoms with Crippen LogP contribution in [0, 0.1) is 5.82 Å². The monoisotopic (exact) mass is 403 g/mol. The van der Waals surface area contributed by atoms with E-state index >= 15 is 0 Å². The van der Waals surface area contributed by atoms with Crippen molar-refractivity contribution in [3.63, 3.8) is 0 Å². The number of hydrogen-bond donors (Lipinski definition) is 1. The van der Waals surface area contributed by atoms with Gasteiger partial charge in [0.25, 0.3) is 0 Å². The Kier molecular flexibility index (Phi) is 5.13. The zero-order valence-electron chi connectivity index (χ0n) is 17.2. The van der Waals surface area contributed by atoms with Crippen LogP contribution in [-0.4, -0.2) is 40.6 Å². The van der Waals surface area contributed by atoms with Crippen molar-refractivity contribution < 1.29 is 9.13 Å². The lowest BCUT2D eigenvalue weighted by Crippen LogP contribution is -2.44. The minimum Gasteiger partial charge on any atom is -0.492 e. The van der Waals surface area contributed by atoms with Crippen molar-refractivity contribution in [2.45, 2.75) is 32.2 Å². The highest BCUT2D eigenvalue weighted by Crippen LogP contribution is 2.32. The molecular weight excluding hydrogens is 377 g/mol. The molecule has 0 saturated heterocycles. The van der Waals surface area contributed by atoms with Crippen molar-refractivity contribution in [1.82, 2.24) is 14.9 Å². The highest BCUT2D eigenvalue weighted by atomic mass is 19.1. The minimum atomic E-state index is -0.188. The van der Waals surface area contributed by atoms with Crippen LogP contribution in [0.3, 0.4) is 0 Å². The van der Waals surface area contributed by atoms with Crippen molar-refractivity contribution in [2.24, 2.45) is 0 Å². The summed E-state index contributed by atoms with van der Waals surface area (Å²) in [6, 6.07) is 13.5. The molecule has 2 aromatic heterocycles. The summed E-state index contributed by atoms with van der Waals surface area (Å²) in [5.41, 5.74) is 4.43. The average molecular weight is 404 g/mol. The number of nitrogens with zero attached hydrogens (tertiary/aromatic N) is 2. The molecule has 0 fully saturated rings. The Morgan fingerprint density at radius 3 is 3.00 bits per heavy atom. The molecule has 0 spiro atoms. The first-order chi connectivity index (χ1) is 14.7. The SMILES string of the molecule is CCCN(CCc1c[nH]c2ccc(F)cc12)[C@@H]1COc2ccc3ncccc3c2C1. The van der Waals surface area contributed by atoms with Gasteiger partial charge in [0.15, 0.2) is 0 Å². The van der Waals surface area contributed by atoms with Crippen LogP contribution in [0.5, 0.6) is 5.75 Å². The van der Waals surface area contributed by atoms with Crippen LogP contribution in [0.1, 0.15) is 24.5 Å². The molecule has 0 amide bonds. The van der Waals surface area contributed by atoms with Crippen molar-refractivity contribution in [3.8, 4) is 5.75 Å². The molecular formula is C25H26FN3O. The third-order valence-electron chi connectivity index (χ3n) is 6.15. The van der Waals surface area contributed by atoms with Gasteiger partial charge in [-0.3, -0.25) is 9.88 Å². The number of halogens is 1. The Bertz CT molecular complexity index is 1190. The molecule has 0 bridgehead atoms. The van der Waals surface area contributed by atoms with E-state index in [0.29, 0.717) is 12.6 Å². The first kappa shape index (κ1) is 19.1. The van der Waals surface area contributed by atoms with Crippen LogP contribution in [0.2, 0.25) is 0 Å². The van der Waals surface area contributed by atoms with Gasteiger partial charge < -0.3 is 9.72 Å². The topological polar surface area (TPSA) is 41.2 Å². The summed E-state index contributed by atoms with van der Waals surface area (Å²) >= 11 is 0. The summed E-state index contributed by atoms with van der Waals surface area (Å²) in [4.78, 5) is 10.3. The lowest BCUT2D eigenvalue weighted by molar-refractivity contribution is 0.121. The summed E-state index contributed by atoms with van der Waals surface area (Å²) < 4.78 is 19.9. The van der Waals surface area contributed by atoms with Gasteiger partial charge >= 0.3 is 0 Å². The number of ether oxygens (including phenoxy) is 1. The molecule has 1 aliphatic rings. The van der Waals surface area contributed by atoms with E-state index < -0.39 is 0 Å². The molecule has 30 heavy (non-hydrogen) atoms. The van der Waals surface area contributed by atoms with Crippen LogP contribution in [-0.2, 0) is 12.8 Å². The number of nitrogens with one attached hydrogen (secondary N) is 1. The standard InChI is InChI=1S/C25H26FN3O/c1-2-11-29(12-9-17-15-28-24-6-5-18(26)13-21(17)24)19-14-22-20-4-3-10-27-23(20)7-8-25(22)30-16-19/h3-8,10,13,15,19,28H,2,9,11-12,14,16H2,1H3/t19-/m0/s1. The lowest BCUT2D eigenvalue weighted by atomic mass is 9.96. The highest BCUT2D eigenvalue weighted by Gasteiger charge is 2.26. The molecule has 5 heteroatoms. The molecule has 4 nitrogen and oxygen atoms in total. The third kappa shape index (κ3) is 3.54. The van der Waals surface area contributed by atoms with Gasteiger partial charge in [0, 0.05) is 46.8 Å². The Morgan fingerprint density at radius 2 is 2.10 bits per heavy atom. The van der Waals surface area contributed by atoms with Crippen molar-refractivity contribution >= 4 is 21.8 Å². The number of fused-ring (bicyclic) bond motifs is 4. The summed E-state index contributed by atoms with van der Waals surface area (Å²) in [6.07, 6.45) is 6.77. The van der Waals surface area contributed by atoms with E-state index in [9.17, 15) is 4.39 Å². The fourth-order valence-corrected chi connectivity index (χ4v) is 4.64. The number of benzene rings is 2. The Morgan fingerprint density at radius 1 is 1.17 bits per heavy atom.